The minimum atomic E-state index is -3.75. The number of morpholine rings is 1. The van der Waals surface area contributed by atoms with E-state index >= 15 is 0 Å². The molecule has 1 N–H and O–H groups in total. The number of sulfonamides is 1. The number of nitrogens with zero attached hydrogens (tertiary/aromatic N) is 1. The normalized spacial score (nSPS) is 14.7. The van der Waals surface area contributed by atoms with Gasteiger partial charge in [0.25, 0.3) is 5.91 Å². The Labute approximate surface area is 201 Å². The van der Waals surface area contributed by atoms with Crippen molar-refractivity contribution in [3.8, 4) is 11.5 Å². The summed E-state index contributed by atoms with van der Waals surface area (Å²) in [6.45, 7) is 1.27. The molecule has 7 nitrogen and oxygen atoms in total. The molecule has 0 bridgehead atoms. The van der Waals surface area contributed by atoms with E-state index in [0.717, 1.165) is 10.1 Å². The zero-order valence-corrected chi connectivity index (χ0v) is 19.8. The Hall–Kier alpha value is -3.24. The third kappa shape index (κ3) is 4.69. The van der Waals surface area contributed by atoms with E-state index in [1.54, 1.807) is 18.2 Å². The molecule has 0 unspecified atom stereocenters. The summed E-state index contributed by atoms with van der Waals surface area (Å²) < 4.78 is 40.1. The number of carbonyl (C=O) groups is 1. The zero-order valence-electron chi connectivity index (χ0n) is 18.1. The fourth-order valence-electron chi connectivity index (χ4n) is 3.69. The predicted octanol–water partition coefficient (Wildman–Crippen LogP) is 4.97. The number of fused-ring (bicyclic) bond motifs is 1. The Balaban J connectivity index is 1.50. The van der Waals surface area contributed by atoms with E-state index in [-0.39, 0.29) is 29.6 Å². The Bertz CT molecular complexity index is 1400. The van der Waals surface area contributed by atoms with Crippen molar-refractivity contribution in [1.29, 1.82) is 0 Å². The molecule has 34 heavy (non-hydrogen) atoms. The van der Waals surface area contributed by atoms with Crippen LogP contribution in [0.5, 0.6) is 11.5 Å². The van der Waals surface area contributed by atoms with Gasteiger partial charge < -0.3 is 14.8 Å². The zero-order chi connectivity index (χ0) is 23.5. The number of nitrogens with one attached hydrogen (secondary N) is 1. The molecule has 0 spiro atoms. The Morgan fingerprint density at radius 3 is 2.44 bits per heavy atom. The molecule has 1 fully saturated rings. The standard InChI is InChI=1S/C25H22N2O5S2/c28-25(24-16-18-6-4-5-9-23(18)33-24)26-21-17-20(34(29,30)27-12-14-31-15-13-27)10-11-22(21)32-19-7-2-1-3-8-19/h1-11,16-17H,12-15H2,(H,26,28). The van der Waals surface area contributed by atoms with E-state index in [4.69, 9.17) is 9.47 Å². The third-order valence-corrected chi connectivity index (χ3v) is 8.44. The number of thiophene rings is 1. The lowest BCUT2D eigenvalue weighted by atomic mass is 10.2. The van der Waals surface area contributed by atoms with E-state index in [1.807, 2.05) is 48.5 Å². The summed E-state index contributed by atoms with van der Waals surface area (Å²) in [6, 6.07) is 23.2. The van der Waals surface area contributed by atoms with Gasteiger partial charge in [0.05, 0.1) is 28.7 Å². The van der Waals surface area contributed by atoms with E-state index in [2.05, 4.69) is 5.32 Å². The van der Waals surface area contributed by atoms with Crippen molar-refractivity contribution >= 4 is 43.0 Å². The van der Waals surface area contributed by atoms with Crippen LogP contribution >= 0.6 is 11.3 Å². The number of hydrogen-bond acceptors (Lipinski definition) is 6. The first kappa shape index (κ1) is 22.5. The number of anilines is 1. The highest BCUT2D eigenvalue weighted by atomic mass is 32.2. The van der Waals surface area contributed by atoms with Crippen molar-refractivity contribution < 1.29 is 22.7 Å². The van der Waals surface area contributed by atoms with Crippen molar-refractivity contribution in [2.75, 3.05) is 31.6 Å². The molecular weight excluding hydrogens is 472 g/mol. The minimum Gasteiger partial charge on any atom is -0.455 e. The van der Waals surface area contributed by atoms with Crippen LogP contribution in [0.25, 0.3) is 10.1 Å². The van der Waals surface area contributed by atoms with Crippen LogP contribution in [0.3, 0.4) is 0 Å². The predicted molar refractivity (Wildman–Crippen MR) is 132 cm³/mol. The summed E-state index contributed by atoms with van der Waals surface area (Å²) in [5.41, 5.74) is 0.278. The van der Waals surface area contributed by atoms with E-state index in [9.17, 15) is 13.2 Å². The van der Waals surface area contributed by atoms with E-state index in [1.165, 1.54) is 27.8 Å². The molecule has 9 heteroatoms. The highest BCUT2D eigenvalue weighted by Crippen LogP contribution is 2.34. The number of para-hydroxylation sites is 1. The maximum atomic E-state index is 13.2. The molecule has 0 atom stereocenters. The van der Waals surface area contributed by atoms with Crippen LogP contribution in [0.2, 0.25) is 0 Å². The van der Waals surface area contributed by atoms with Crippen LogP contribution in [0.15, 0.2) is 83.8 Å². The monoisotopic (exact) mass is 494 g/mol. The van der Waals surface area contributed by atoms with Gasteiger partial charge in [0.2, 0.25) is 10.0 Å². The van der Waals surface area contributed by atoms with Crippen LogP contribution in [0.1, 0.15) is 9.67 Å². The maximum absolute atomic E-state index is 13.2. The van der Waals surface area contributed by atoms with Gasteiger partial charge in [-0.25, -0.2) is 8.42 Å². The first-order chi connectivity index (χ1) is 16.5. The molecular formula is C25H22N2O5S2. The van der Waals surface area contributed by atoms with E-state index < -0.39 is 10.0 Å². The molecule has 2 heterocycles. The smallest absolute Gasteiger partial charge is 0.265 e. The lowest BCUT2D eigenvalue weighted by Crippen LogP contribution is -2.40. The molecule has 1 amide bonds. The Kier molecular flexibility index (Phi) is 6.34. The largest absolute Gasteiger partial charge is 0.455 e. The molecule has 1 saturated heterocycles. The number of amides is 1. The average molecular weight is 495 g/mol. The van der Waals surface area contributed by atoms with Gasteiger partial charge >= 0.3 is 0 Å². The van der Waals surface area contributed by atoms with Crippen LogP contribution in [-0.4, -0.2) is 44.9 Å². The summed E-state index contributed by atoms with van der Waals surface area (Å²) in [5, 5.41) is 3.84. The molecule has 4 aromatic rings. The van der Waals surface area contributed by atoms with Gasteiger partial charge in [-0.05, 0) is 47.9 Å². The van der Waals surface area contributed by atoms with Crippen molar-refractivity contribution in [1.82, 2.24) is 4.31 Å². The average Bonchev–Trinajstić information content (AvgIpc) is 3.31. The van der Waals surface area contributed by atoms with Gasteiger partial charge in [-0.15, -0.1) is 11.3 Å². The highest BCUT2D eigenvalue weighted by Gasteiger charge is 2.27. The second-order valence-electron chi connectivity index (χ2n) is 7.69. The quantitative estimate of drug-likeness (QED) is 0.409. The summed E-state index contributed by atoms with van der Waals surface area (Å²) in [6.07, 6.45) is 0. The molecule has 1 aliphatic rings. The number of carbonyl (C=O) groups excluding carboxylic acids is 1. The van der Waals surface area contributed by atoms with Crippen molar-refractivity contribution in [3.63, 3.8) is 0 Å². The topological polar surface area (TPSA) is 84.9 Å². The van der Waals surface area contributed by atoms with Crippen molar-refractivity contribution in [2.24, 2.45) is 0 Å². The third-order valence-electron chi connectivity index (χ3n) is 5.43. The number of rotatable bonds is 6. The Morgan fingerprint density at radius 2 is 1.68 bits per heavy atom. The number of hydrogen-bond donors (Lipinski definition) is 1. The van der Waals surface area contributed by atoms with Crippen LogP contribution < -0.4 is 10.1 Å². The Morgan fingerprint density at radius 1 is 0.941 bits per heavy atom. The van der Waals surface area contributed by atoms with Gasteiger partial charge in [-0.2, -0.15) is 4.31 Å². The second-order valence-corrected chi connectivity index (χ2v) is 10.7. The molecule has 0 saturated carbocycles. The lowest BCUT2D eigenvalue weighted by Gasteiger charge is -2.26. The molecule has 1 aromatic heterocycles. The first-order valence-electron chi connectivity index (χ1n) is 10.8. The van der Waals surface area contributed by atoms with Gasteiger partial charge in [-0.1, -0.05) is 36.4 Å². The lowest BCUT2D eigenvalue weighted by molar-refractivity contribution is 0.0730. The fraction of sp³-hybridized carbons (Fsp3) is 0.160. The molecule has 1 aliphatic heterocycles. The highest BCUT2D eigenvalue weighted by molar-refractivity contribution is 7.89. The van der Waals surface area contributed by atoms with Crippen molar-refractivity contribution in [3.05, 3.63) is 83.7 Å². The number of ether oxygens (including phenoxy) is 2. The van der Waals surface area contributed by atoms with Gasteiger partial charge in [0.15, 0.2) is 5.75 Å². The fourth-order valence-corrected chi connectivity index (χ4v) is 6.08. The van der Waals surface area contributed by atoms with Crippen LogP contribution in [-0.2, 0) is 14.8 Å². The summed E-state index contributed by atoms with van der Waals surface area (Å²) in [5.74, 6) is 0.588. The van der Waals surface area contributed by atoms with Crippen molar-refractivity contribution in [2.45, 2.75) is 4.90 Å². The van der Waals surface area contributed by atoms with Crippen LogP contribution in [0.4, 0.5) is 5.69 Å². The minimum absolute atomic E-state index is 0.0847. The molecule has 5 rings (SSSR count). The van der Waals surface area contributed by atoms with Gasteiger partial charge in [0.1, 0.15) is 5.75 Å². The molecule has 0 aliphatic carbocycles. The summed E-state index contributed by atoms with van der Waals surface area (Å²) in [4.78, 5) is 13.7. The molecule has 3 aromatic carbocycles. The summed E-state index contributed by atoms with van der Waals surface area (Å²) in [7, 11) is -3.75. The first-order valence-corrected chi connectivity index (χ1v) is 13.0. The van der Waals surface area contributed by atoms with Gasteiger partial charge in [-0.3, -0.25) is 4.79 Å². The van der Waals surface area contributed by atoms with E-state index in [0.29, 0.717) is 29.6 Å². The van der Waals surface area contributed by atoms with Gasteiger partial charge in [0, 0.05) is 17.8 Å². The number of benzene rings is 3. The van der Waals surface area contributed by atoms with Crippen LogP contribution in [0, 0.1) is 0 Å². The molecule has 0 radical (unpaired) electrons. The second kappa shape index (κ2) is 9.55. The summed E-state index contributed by atoms with van der Waals surface area (Å²) >= 11 is 1.37. The molecule has 174 valence electrons. The SMILES string of the molecule is O=C(Nc1cc(S(=O)(=O)N2CCOCC2)ccc1Oc1ccccc1)c1cc2ccccc2s1. The maximum Gasteiger partial charge on any atom is 0.265 e.